The maximum Gasteiger partial charge on any atom is 0.225 e. The lowest BCUT2D eigenvalue weighted by molar-refractivity contribution is 0.200. The van der Waals surface area contributed by atoms with Crippen molar-refractivity contribution in [3.63, 3.8) is 0 Å². The number of hydrogen-bond donors (Lipinski definition) is 1. The normalized spacial score (nSPS) is 16.4. The predicted octanol–water partition coefficient (Wildman–Crippen LogP) is 2.54. The van der Waals surface area contributed by atoms with Crippen molar-refractivity contribution in [2.24, 2.45) is 0 Å². The van der Waals surface area contributed by atoms with Crippen LogP contribution in [0.1, 0.15) is 38.2 Å². The van der Waals surface area contributed by atoms with E-state index in [4.69, 9.17) is 4.74 Å². The molecule has 1 saturated carbocycles. The molecule has 88 valence electrons. The largest absolute Gasteiger partial charge is 0.474 e. The monoisotopic (exact) mass is 221 g/mol. The molecule has 0 bridgehead atoms. The number of ether oxygens (including phenoxy) is 1. The van der Waals surface area contributed by atoms with E-state index in [1.54, 1.807) is 0 Å². The van der Waals surface area contributed by atoms with Gasteiger partial charge < -0.3 is 10.1 Å². The lowest BCUT2D eigenvalue weighted by Gasteiger charge is -2.14. The SMILES string of the molecule is CCNc1ncc(C)c(OC2CCCC2)n1. The van der Waals surface area contributed by atoms with E-state index in [0.29, 0.717) is 12.1 Å². The molecule has 1 N–H and O–H groups in total. The highest BCUT2D eigenvalue weighted by atomic mass is 16.5. The smallest absolute Gasteiger partial charge is 0.225 e. The first-order valence-corrected chi connectivity index (χ1v) is 6.03. The van der Waals surface area contributed by atoms with Crippen LogP contribution >= 0.6 is 0 Å². The molecule has 0 amide bonds. The molecule has 1 aromatic rings. The Morgan fingerprint density at radius 1 is 1.44 bits per heavy atom. The molecule has 4 heteroatoms. The zero-order chi connectivity index (χ0) is 11.4. The maximum atomic E-state index is 5.90. The quantitative estimate of drug-likeness (QED) is 0.848. The average Bonchev–Trinajstić information content (AvgIpc) is 2.76. The molecular formula is C12H19N3O. The highest BCUT2D eigenvalue weighted by molar-refractivity contribution is 5.32. The highest BCUT2D eigenvalue weighted by Crippen LogP contribution is 2.25. The third-order valence-electron chi connectivity index (χ3n) is 2.84. The van der Waals surface area contributed by atoms with Crippen molar-refractivity contribution in [2.75, 3.05) is 11.9 Å². The van der Waals surface area contributed by atoms with Crippen LogP contribution in [0.3, 0.4) is 0 Å². The number of nitrogens with one attached hydrogen (secondary N) is 1. The van der Waals surface area contributed by atoms with Crippen molar-refractivity contribution >= 4 is 5.95 Å². The van der Waals surface area contributed by atoms with Gasteiger partial charge in [0.2, 0.25) is 11.8 Å². The predicted molar refractivity (Wildman–Crippen MR) is 63.8 cm³/mol. The van der Waals surface area contributed by atoms with Gasteiger partial charge in [-0.15, -0.1) is 0 Å². The van der Waals surface area contributed by atoms with Crippen molar-refractivity contribution in [3.8, 4) is 5.88 Å². The zero-order valence-corrected chi connectivity index (χ0v) is 9.99. The molecule has 2 rings (SSSR count). The van der Waals surface area contributed by atoms with E-state index >= 15 is 0 Å². The second-order valence-electron chi connectivity index (χ2n) is 4.24. The van der Waals surface area contributed by atoms with Gasteiger partial charge in [-0.3, -0.25) is 0 Å². The number of anilines is 1. The second kappa shape index (κ2) is 5.14. The molecule has 0 atom stereocenters. The Morgan fingerprint density at radius 3 is 2.88 bits per heavy atom. The van der Waals surface area contributed by atoms with Crippen LogP contribution in [0.15, 0.2) is 6.20 Å². The number of aryl methyl sites for hydroxylation is 1. The number of nitrogens with zero attached hydrogens (tertiary/aromatic N) is 2. The van der Waals surface area contributed by atoms with Gasteiger partial charge in [-0.05, 0) is 39.5 Å². The molecular weight excluding hydrogens is 202 g/mol. The van der Waals surface area contributed by atoms with Crippen LogP contribution in [0.4, 0.5) is 5.95 Å². The molecule has 0 unspecified atom stereocenters. The molecule has 4 nitrogen and oxygen atoms in total. The van der Waals surface area contributed by atoms with E-state index in [1.807, 2.05) is 20.0 Å². The van der Waals surface area contributed by atoms with Gasteiger partial charge in [0, 0.05) is 18.3 Å². The third kappa shape index (κ3) is 2.62. The van der Waals surface area contributed by atoms with Crippen LogP contribution in [0.2, 0.25) is 0 Å². The van der Waals surface area contributed by atoms with Crippen LogP contribution < -0.4 is 10.1 Å². The Bertz CT molecular complexity index is 348. The molecule has 1 heterocycles. The van der Waals surface area contributed by atoms with Crippen LogP contribution in [0.25, 0.3) is 0 Å². The Hall–Kier alpha value is -1.32. The van der Waals surface area contributed by atoms with Gasteiger partial charge in [-0.2, -0.15) is 4.98 Å². The van der Waals surface area contributed by atoms with E-state index in [9.17, 15) is 0 Å². The summed E-state index contributed by atoms with van der Waals surface area (Å²) in [4.78, 5) is 8.58. The maximum absolute atomic E-state index is 5.90. The standard InChI is InChI=1S/C12H19N3O/c1-3-13-12-14-8-9(2)11(15-12)16-10-6-4-5-7-10/h8,10H,3-7H2,1-2H3,(H,13,14,15). The fourth-order valence-corrected chi connectivity index (χ4v) is 1.95. The first-order chi connectivity index (χ1) is 7.79. The van der Waals surface area contributed by atoms with E-state index in [2.05, 4.69) is 15.3 Å². The van der Waals surface area contributed by atoms with E-state index in [-0.39, 0.29) is 0 Å². The first-order valence-electron chi connectivity index (χ1n) is 6.03. The fourth-order valence-electron chi connectivity index (χ4n) is 1.95. The Kier molecular flexibility index (Phi) is 3.59. The lowest BCUT2D eigenvalue weighted by Crippen LogP contribution is -2.14. The number of aromatic nitrogens is 2. The molecule has 1 aliphatic carbocycles. The summed E-state index contributed by atoms with van der Waals surface area (Å²) in [6.45, 7) is 4.84. The van der Waals surface area contributed by atoms with Gasteiger partial charge in [0.15, 0.2) is 0 Å². The summed E-state index contributed by atoms with van der Waals surface area (Å²) < 4.78 is 5.90. The summed E-state index contributed by atoms with van der Waals surface area (Å²) in [6, 6.07) is 0. The minimum atomic E-state index is 0.350. The molecule has 1 aromatic heterocycles. The molecule has 0 spiro atoms. The van der Waals surface area contributed by atoms with Gasteiger partial charge in [-0.25, -0.2) is 4.98 Å². The summed E-state index contributed by atoms with van der Waals surface area (Å²) in [5.74, 6) is 1.39. The van der Waals surface area contributed by atoms with Crippen molar-refractivity contribution in [1.82, 2.24) is 9.97 Å². The Balaban J connectivity index is 2.08. The number of rotatable bonds is 4. The Morgan fingerprint density at radius 2 is 2.19 bits per heavy atom. The molecule has 16 heavy (non-hydrogen) atoms. The summed E-state index contributed by atoms with van der Waals surface area (Å²) in [5.41, 5.74) is 1.01. The lowest BCUT2D eigenvalue weighted by atomic mass is 10.3. The average molecular weight is 221 g/mol. The van der Waals surface area contributed by atoms with Gasteiger partial charge in [0.05, 0.1) is 0 Å². The van der Waals surface area contributed by atoms with Gasteiger partial charge in [-0.1, -0.05) is 0 Å². The van der Waals surface area contributed by atoms with E-state index < -0.39 is 0 Å². The van der Waals surface area contributed by atoms with Gasteiger partial charge in [0.1, 0.15) is 6.10 Å². The van der Waals surface area contributed by atoms with Crippen LogP contribution in [-0.2, 0) is 0 Å². The summed E-state index contributed by atoms with van der Waals surface area (Å²) in [6.07, 6.45) is 7.02. The van der Waals surface area contributed by atoms with Crippen molar-refractivity contribution in [1.29, 1.82) is 0 Å². The van der Waals surface area contributed by atoms with Gasteiger partial charge in [0.25, 0.3) is 0 Å². The second-order valence-corrected chi connectivity index (χ2v) is 4.24. The third-order valence-corrected chi connectivity index (χ3v) is 2.84. The van der Waals surface area contributed by atoms with Crippen molar-refractivity contribution in [2.45, 2.75) is 45.6 Å². The first kappa shape index (κ1) is 11.2. The molecule has 0 aliphatic heterocycles. The van der Waals surface area contributed by atoms with Crippen molar-refractivity contribution in [3.05, 3.63) is 11.8 Å². The van der Waals surface area contributed by atoms with Crippen LogP contribution in [0, 0.1) is 6.92 Å². The topological polar surface area (TPSA) is 47.0 Å². The van der Waals surface area contributed by atoms with Crippen molar-refractivity contribution < 1.29 is 4.74 Å². The molecule has 0 aromatic carbocycles. The fraction of sp³-hybridized carbons (Fsp3) is 0.667. The Labute approximate surface area is 96.4 Å². The van der Waals surface area contributed by atoms with E-state index in [1.165, 1.54) is 12.8 Å². The zero-order valence-electron chi connectivity index (χ0n) is 9.99. The minimum absolute atomic E-state index is 0.350. The molecule has 0 saturated heterocycles. The summed E-state index contributed by atoms with van der Waals surface area (Å²) in [7, 11) is 0. The summed E-state index contributed by atoms with van der Waals surface area (Å²) >= 11 is 0. The van der Waals surface area contributed by atoms with Crippen LogP contribution in [-0.4, -0.2) is 22.6 Å². The summed E-state index contributed by atoms with van der Waals surface area (Å²) in [5, 5.41) is 3.10. The molecule has 1 fully saturated rings. The minimum Gasteiger partial charge on any atom is -0.474 e. The van der Waals surface area contributed by atoms with Gasteiger partial charge >= 0.3 is 0 Å². The van der Waals surface area contributed by atoms with E-state index in [0.717, 1.165) is 30.8 Å². The highest BCUT2D eigenvalue weighted by Gasteiger charge is 2.18. The number of hydrogen-bond acceptors (Lipinski definition) is 4. The van der Waals surface area contributed by atoms with Crippen LogP contribution in [0.5, 0.6) is 5.88 Å². The molecule has 0 radical (unpaired) electrons. The molecule has 1 aliphatic rings.